The number of aromatic hydroxyl groups is 1. The molecule has 3 aromatic rings. The molecule has 0 atom stereocenters. The summed E-state index contributed by atoms with van der Waals surface area (Å²) < 4.78 is 11.0. The highest BCUT2D eigenvalue weighted by Gasteiger charge is 2.12. The first-order chi connectivity index (χ1) is 11.1. The molecular formula is C16H13NO4S2. The molecule has 0 saturated heterocycles. The van der Waals surface area contributed by atoms with Crippen LogP contribution in [0.25, 0.3) is 11.3 Å². The van der Waals surface area contributed by atoms with Crippen LogP contribution in [0.1, 0.15) is 21.0 Å². The highest BCUT2D eigenvalue weighted by Crippen LogP contribution is 2.28. The maximum Gasteiger partial charge on any atom is 0.337 e. The Balaban J connectivity index is 1.86. The van der Waals surface area contributed by atoms with Crippen LogP contribution in [0.2, 0.25) is 0 Å². The summed E-state index contributed by atoms with van der Waals surface area (Å²) in [5.41, 5.74) is 1.24. The minimum absolute atomic E-state index is 0.0747. The highest BCUT2D eigenvalue weighted by atomic mass is 32.1. The van der Waals surface area contributed by atoms with Crippen LogP contribution in [0.3, 0.4) is 0 Å². The van der Waals surface area contributed by atoms with Crippen LogP contribution in [0.4, 0.5) is 0 Å². The Morgan fingerprint density at radius 3 is 2.91 bits per heavy atom. The number of benzene rings is 1. The summed E-state index contributed by atoms with van der Waals surface area (Å²) >= 11 is 6.31. The number of thiazole rings is 1. The molecule has 0 unspecified atom stereocenters. The average molecular weight is 347 g/mol. The van der Waals surface area contributed by atoms with E-state index in [4.69, 9.17) is 21.4 Å². The molecule has 2 heterocycles. The van der Waals surface area contributed by atoms with Crippen molar-refractivity contribution in [1.82, 2.24) is 4.98 Å². The molecule has 0 fully saturated rings. The number of ether oxygens (including phenoxy) is 1. The van der Waals surface area contributed by atoms with E-state index in [1.807, 2.05) is 18.2 Å². The van der Waals surface area contributed by atoms with Crippen LogP contribution in [0, 0.1) is 3.95 Å². The number of rotatable bonds is 4. The van der Waals surface area contributed by atoms with E-state index in [0.717, 1.165) is 10.4 Å². The predicted octanol–water partition coefficient (Wildman–Crippen LogP) is 4.15. The number of aromatic amines is 1. The lowest BCUT2D eigenvalue weighted by Gasteiger charge is -2.02. The van der Waals surface area contributed by atoms with Crippen LogP contribution in [-0.4, -0.2) is 23.2 Å². The summed E-state index contributed by atoms with van der Waals surface area (Å²) in [7, 11) is 1.35. The van der Waals surface area contributed by atoms with Crippen LogP contribution in [0.5, 0.6) is 5.88 Å². The maximum absolute atomic E-state index is 11.6. The fourth-order valence-electron chi connectivity index (χ4n) is 2.18. The van der Waals surface area contributed by atoms with Crippen molar-refractivity contribution in [2.75, 3.05) is 7.11 Å². The summed E-state index contributed by atoms with van der Waals surface area (Å²) in [6.07, 6.45) is 0.445. The fraction of sp³-hybridized carbons (Fsp3) is 0.125. The topological polar surface area (TPSA) is 75.5 Å². The van der Waals surface area contributed by atoms with Gasteiger partial charge in [-0.05, 0) is 36.5 Å². The number of furan rings is 1. The quantitative estimate of drug-likeness (QED) is 0.548. The molecule has 0 aliphatic carbocycles. The molecule has 7 heteroatoms. The number of esters is 1. The van der Waals surface area contributed by atoms with Crippen molar-refractivity contribution in [3.8, 4) is 17.2 Å². The first kappa shape index (κ1) is 15.5. The van der Waals surface area contributed by atoms with Crippen molar-refractivity contribution in [3.63, 3.8) is 0 Å². The standard InChI is InChI=1S/C16H13NO4S2/c1-20-15(19)10-4-2-3-9(7-10)12-6-5-11(21-12)8-13-14(18)17-16(22)23-13/h2-7,18H,8H2,1H3,(H,17,22). The van der Waals surface area contributed by atoms with Gasteiger partial charge in [-0.25, -0.2) is 4.79 Å². The molecule has 5 nitrogen and oxygen atoms in total. The van der Waals surface area contributed by atoms with Gasteiger partial charge in [0.1, 0.15) is 11.5 Å². The number of hydrogen-bond donors (Lipinski definition) is 2. The predicted molar refractivity (Wildman–Crippen MR) is 89.5 cm³/mol. The minimum Gasteiger partial charge on any atom is -0.494 e. The molecule has 118 valence electrons. The second-order valence-electron chi connectivity index (χ2n) is 4.80. The van der Waals surface area contributed by atoms with Crippen molar-refractivity contribution in [1.29, 1.82) is 0 Å². The van der Waals surface area contributed by atoms with E-state index in [0.29, 0.717) is 27.5 Å². The Labute approximate surface area is 141 Å². The molecule has 0 bridgehead atoms. The zero-order valence-corrected chi connectivity index (χ0v) is 13.8. The maximum atomic E-state index is 11.6. The second kappa shape index (κ2) is 6.39. The summed E-state index contributed by atoms with van der Waals surface area (Å²) in [5.74, 6) is 1.02. The molecule has 23 heavy (non-hydrogen) atoms. The van der Waals surface area contributed by atoms with E-state index >= 15 is 0 Å². The van der Waals surface area contributed by atoms with E-state index < -0.39 is 5.97 Å². The zero-order valence-electron chi connectivity index (χ0n) is 12.2. The normalized spacial score (nSPS) is 10.7. The van der Waals surface area contributed by atoms with Gasteiger partial charge in [-0.2, -0.15) is 0 Å². The van der Waals surface area contributed by atoms with Gasteiger partial charge in [0, 0.05) is 12.0 Å². The first-order valence-electron chi connectivity index (χ1n) is 6.75. The molecule has 1 aromatic carbocycles. The van der Waals surface area contributed by atoms with Gasteiger partial charge in [0.25, 0.3) is 0 Å². The minimum atomic E-state index is -0.393. The number of methoxy groups -OCH3 is 1. The molecule has 0 aliphatic heterocycles. The Morgan fingerprint density at radius 1 is 1.39 bits per heavy atom. The number of nitrogens with one attached hydrogen (secondary N) is 1. The van der Waals surface area contributed by atoms with Gasteiger partial charge in [-0.3, -0.25) is 0 Å². The summed E-state index contributed by atoms with van der Waals surface area (Å²) in [6.45, 7) is 0. The third-order valence-corrected chi connectivity index (χ3v) is 4.49. The van der Waals surface area contributed by atoms with Gasteiger partial charge in [-0.1, -0.05) is 12.1 Å². The van der Waals surface area contributed by atoms with Crippen LogP contribution in [0.15, 0.2) is 40.8 Å². The largest absolute Gasteiger partial charge is 0.494 e. The van der Waals surface area contributed by atoms with Gasteiger partial charge in [-0.15, -0.1) is 11.3 Å². The molecule has 0 amide bonds. The van der Waals surface area contributed by atoms with Crippen LogP contribution < -0.4 is 0 Å². The van der Waals surface area contributed by atoms with E-state index in [1.165, 1.54) is 18.4 Å². The molecule has 0 aliphatic rings. The SMILES string of the molecule is COC(=O)c1cccc(-c2ccc(Cc3sc(=S)[nH]c3O)o2)c1. The average Bonchev–Trinajstić information content (AvgIpc) is 3.14. The van der Waals surface area contributed by atoms with Crippen molar-refractivity contribution in [3.05, 3.63) is 56.6 Å². The van der Waals surface area contributed by atoms with Crippen molar-refractivity contribution in [2.45, 2.75) is 6.42 Å². The third-order valence-electron chi connectivity index (χ3n) is 3.27. The number of H-pyrrole nitrogens is 1. The lowest BCUT2D eigenvalue weighted by atomic mass is 10.1. The van der Waals surface area contributed by atoms with Crippen molar-refractivity contribution < 1.29 is 19.1 Å². The smallest absolute Gasteiger partial charge is 0.337 e. The van der Waals surface area contributed by atoms with Gasteiger partial charge >= 0.3 is 5.97 Å². The molecule has 0 saturated carbocycles. The number of carbonyl (C=O) groups excluding carboxylic acids is 1. The number of aromatic nitrogens is 1. The Kier molecular flexibility index (Phi) is 4.31. The van der Waals surface area contributed by atoms with E-state index in [2.05, 4.69) is 4.98 Å². The Hall–Kier alpha value is -2.38. The number of carbonyl (C=O) groups is 1. The summed E-state index contributed by atoms with van der Waals surface area (Å²) in [6, 6.07) is 10.7. The zero-order chi connectivity index (χ0) is 16.4. The van der Waals surface area contributed by atoms with Gasteiger partial charge < -0.3 is 19.2 Å². The molecular weight excluding hydrogens is 334 g/mol. The van der Waals surface area contributed by atoms with Gasteiger partial charge in [0.15, 0.2) is 3.95 Å². The Bertz CT molecular complexity index is 907. The van der Waals surface area contributed by atoms with E-state index in [1.54, 1.807) is 18.2 Å². The monoisotopic (exact) mass is 347 g/mol. The summed E-state index contributed by atoms with van der Waals surface area (Å²) in [4.78, 5) is 15.0. The molecule has 3 rings (SSSR count). The fourth-order valence-corrected chi connectivity index (χ4v) is 3.31. The number of hydrogen-bond acceptors (Lipinski definition) is 6. The van der Waals surface area contributed by atoms with Crippen LogP contribution in [-0.2, 0) is 11.2 Å². The molecule has 0 spiro atoms. The lowest BCUT2D eigenvalue weighted by Crippen LogP contribution is -2.00. The highest BCUT2D eigenvalue weighted by molar-refractivity contribution is 7.73. The molecule has 2 aromatic heterocycles. The third kappa shape index (κ3) is 3.35. The van der Waals surface area contributed by atoms with Gasteiger partial charge in [0.2, 0.25) is 5.88 Å². The molecule has 2 N–H and O–H groups in total. The second-order valence-corrected chi connectivity index (χ2v) is 6.57. The molecule has 0 radical (unpaired) electrons. The van der Waals surface area contributed by atoms with Crippen LogP contribution >= 0.6 is 23.6 Å². The van der Waals surface area contributed by atoms with E-state index in [9.17, 15) is 9.90 Å². The summed E-state index contributed by atoms with van der Waals surface area (Å²) in [5, 5.41) is 9.74. The van der Waals surface area contributed by atoms with Gasteiger partial charge in [0.05, 0.1) is 17.6 Å². The van der Waals surface area contributed by atoms with E-state index in [-0.39, 0.29) is 5.88 Å². The first-order valence-corrected chi connectivity index (χ1v) is 7.97. The Morgan fingerprint density at radius 2 is 2.22 bits per heavy atom. The van der Waals surface area contributed by atoms with Crippen molar-refractivity contribution >= 4 is 29.5 Å². The lowest BCUT2D eigenvalue weighted by molar-refractivity contribution is 0.0601. The van der Waals surface area contributed by atoms with Crippen molar-refractivity contribution in [2.24, 2.45) is 0 Å².